The summed E-state index contributed by atoms with van der Waals surface area (Å²) in [4.78, 5) is 4.22. The van der Waals surface area contributed by atoms with Gasteiger partial charge in [-0.2, -0.15) is 5.10 Å². The smallest absolute Gasteiger partial charge is 0.188 e. The molecule has 0 saturated heterocycles. The summed E-state index contributed by atoms with van der Waals surface area (Å²) < 4.78 is 6.85. The van der Waals surface area contributed by atoms with Crippen molar-refractivity contribution < 1.29 is 4.74 Å². The molecule has 0 aromatic carbocycles. The fraction of sp³-hybridized carbons (Fsp3) is 0.636. The minimum Gasteiger partial charge on any atom is -0.383 e. The van der Waals surface area contributed by atoms with Crippen molar-refractivity contribution in [1.82, 2.24) is 15.1 Å². The normalized spacial score (nSPS) is 12.9. The van der Waals surface area contributed by atoms with E-state index in [1.165, 1.54) is 0 Å². The Balaban J connectivity index is 0.00000289. The largest absolute Gasteiger partial charge is 0.383 e. The third-order valence-electron chi connectivity index (χ3n) is 2.18. The lowest BCUT2D eigenvalue weighted by atomic mass is 10.4. The van der Waals surface area contributed by atoms with Crippen LogP contribution in [0, 0.1) is 6.92 Å². The number of nitrogens with one attached hydrogen (secondary N) is 1. The number of ether oxygens (including phenoxy) is 1. The summed E-state index contributed by atoms with van der Waals surface area (Å²) in [6.07, 6.45) is 3.80. The van der Waals surface area contributed by atoms with Crippen molar-refractivity contribution >= 4 is 29.9 Å². The molecular formula is C11H22IN5O. The zero-order chi connectivity index (χ0) is 12.7. The van der Waals surface area contributed by atoms with E-state index < -0.39 is 0 Å². The zero-order valence-electron chi connectivity index (χ0n) is 11.1. The number of halogens is 1. The molecule has 0 aliphatic heterocycles. The molecule has 1 heterocycles. The van der Waals surface area contributed by atoms with E-state index in [0.29, 0.717) is 19.1 Å². The van der Waals surface area contributed by atoms with E-state index >= 15 is 0 Å². The highest BCUT2D eigenvalue weighted by Crippen LogP contribution is 1.93. The zero-order valence-corrected chi connectivity index (χ0v) is 13.4. The number of methoxy groups -OCH3 is 1. The molecule has 7 heteroatoms. The molecule has 0 spiro atoms. The van der Waals surface area contributed by atoms with Gasteiger partial charge in [-0.25, -0.2) is 0 Å². The fourth-order valence-corrected chi connectivity index (χ4v) is 1.45. The molecule has 0 amide bonds. The van der Waals surface area contributed by atoms with Crippen molar-refractivity contribution in [3.05, 3.63) is 18.0 Å². The number of guanidine groups is 1. The van der Waals surface area contributed by atoms with E-state index in [-0.39, 0.29) is 30.0 Å². The first kappa shape index (κ1) is 17.2. The Kier molecular flexibility index (Phi) is 8.73. The van der Waals surface area contributed by atoms with Gasteiger partial charge in [0.2, 0.25) is 0 Å². The van der Waals surface area contributed by atoms with Crippen LogP contribution in [-0.4, -0.2) is 42.0 Å². The van der Waals surface area contributed by atoms with Gasteiger partial charge in [0.05, 0.1) is 25.9 Å². The molecule has 0 bridgehead atoms. The molecule has 1 aromatic rings. The van der Waals surface area contributed by atoms with E-state index in [9.17, 15) is 0 Å². The topological polar surface area (TPSA) is 77.5 Å². The van der Waals surface area contributed by atoms with Crippen LogP contribution in [0.3, 0.4) is 0 Å². The molecule has 1 rings (SSSR count). The Labute approximate surface area is 125 Å². The van der Waals surface area contributed by atoms with Gasteiger partial charge in [0.1, 0.15) is 0 Å². The van der Waals surface area contributed by atoms with Crippen LogP contribution in [0.25, 0.3) is 0 Å². The standard InChI is InChI=1S/C11H21N5O.HI/c1-9-6-14-16(7-9)5-4-13-11(12)15-10(2)8-17-3;/h6-7,10H,4-5,8H2,1-3H3,(H3,12,13,15);1H. The number of aryl methyl sites for hydroxylation is 1. The van der Waals surface area contributed by atoms with Gasteiger partial charge in [0, 0.05) is 19.3 Å². The maximum Gasteiger partial charge on any atom is 0.188 e. The fourth-order valence-electron chi connectivity index (χ4n) is 1.45. The average molecular weight is 367 g/mol. The Hall–Kier alpha value is -0.830. The van der Waals surface area contributed by atoms with Crippen LogP contribution in [0.5, 0.6) is 0 Å². The number of nitrogens with zero attached hydrogens (tertiary/aromatic N) is 3. The first-order valence-corrected chi connectivity index (χ1v) is 5.66. The minimum absolute atomic E-state index is 0. The summed E-state index contributed by atoms with van der Waals surface area (Å²) in [5, 5.41) is 7.21. The molecule has 1 unspecified atom stereocenters. The number of aromatic nitrogens is 2. The van der Waals surface area contributed by atoms with Gasteiger partial charge in [-0.3, -0.25) is 9.67 Å². The molecule has 1 aromatic heterocycles. The summed E-state index contributed by atoms with van der Waals surface area (Å²) in [5.74, 6) is 0.443. The molecule has 0 saturated carbocycles. The minimum atomic E-state index is 0. The van der Waals surface area contributed by atoms with E-state index in [4.69, 9.17) is 10.5 Å². The molecule has 0 radical (unpaired) electrons. The summed E-state index contributed by atoms with van der Waals surface area (Å²) in [6, 6.07) is 0.163. The SMILES string of the molecule is COCC(C)NC(N)=NCCn1cc(C)cn1.I. The monoisotopic (exact) mass is 367 g/mol. The molecule has 3 N–H and O–H groups in total. The maximum absolute atomic E-state index is 5.73. The van der Waals surface area contributed by atoms with Gasteiger partial charge in [-0.05, 0) is 19.4 Å². The first-order chi connectivity index (χ1) is 8.11. The van der Waals surface area contributed by atoms with Crippen LogP contribution in [0.15, 0.2) is 17.4 Å². The Bertz CT molecular complexity index is 366. The van der Waals surface area contributed by atoms with Crippen molar-refractivity contribution in [3.63, 3.8) is 0 Å². The average Bonchev–Trinajstić information content (AvgIpc) is 2.64. The number of rotatable bonds is 6. The van der Waals surface area contributed by atoms with Crippen molar-refractivity contribution in [2.24, 2.45) is 10.7 Å². The third kappa shape index (κ3) is 6.80. The molecule has 0 aliphatic carbocycles. The lowest BCUT2D eigenvalue weighted by Crippen LogP contribution is -2.40. The highest BCUT2D eigenvalue weighted by atomic mass is 127. The molecule has 1 atom stereocenters. The van der Waals surface area contributed by atoms with Crippen LogP contribution in [0.2, 0.25) is 0 Å². The van der Waals surface area contributed by atoms with Crippen molar-refractivity contribution in [3.8, 4) is 0 Å². The van der Waals surface area contributed by atoms with Gasteiger partial charge in [0.15, 0.2) is 5.96 Å². The number of aliphatic imine (C=N–C) groups is 1. The first-order valence-electron chi connectivity index (χ1n) is 5.66. The predicted octanol–water partition coefficient (Wildman–Crippen LogP) is 0.749. The Morgan fingerprint density at radius 3 is 2.94 bits per heavy atom. The van der Waals surface area contributed by atoms with Crippen LogP contribution >= 0.6 is 24.0 Å². The Morgan fingerprint density at radius 2 is 2.39 bits per heavy atom. The van der Waals surface area contributed by atoms with Gasteiger partial charge < -0.3 is 15.8 Å². The second kappa shape index (κ2) is 9.15. The van der Waals surface area contributed by atoms with Crippen molar-refractivity contribution in [2.75, 3.05) is 20.3 Å². The maximum atomic E-state index is 5.73. The van der Waals surface area contributed by atoms with Crippen LogP contribution in [0.4, 0.5) is 0 Å². The van der Waals surface area contributed by atoms with Crippen LogP contribution < -0.4 is 11.1 Å². The van der Waals surface area contributed by atoms with E-state index in [0.717, 1.165) is 12.1 Å². The van der Waals surface area contributed by atoms with E-state index in [1.807, 2.05) is 30.9 Å². The molecule has 104 valence electrons. The van der Waals surface area contributed by atoms with Gasteiger partial charge in [0.25, 0.3) is 0 Å². The highest BCUT2D eigenvalue weighted by molar-refractivity contribution is 14.0. The van der Waals surface area contributed by atoms with Gasteiger partial charge >= 0.3 is 0 Å². The summed E-state index contributed by atoms with van der Waals surface area (Å²) >= 11 is 0. The second-order valence-corrected chi connectivity index (χ2v) is 4.05. The van der Waals surface area contributed by atoms with Crippen LogP contribution in [-0.2, 0) is 11.3 Å². The molecule has 18 heavy (non-hydrogen) atoms. The molecule has 0 aliphatic rings. The number of hydrogen-bond acceptors (Lipinski definition) is 3. The summed E-state index contributed by atoms with van der Waals surface area (Å²) in [6.45, 7) is 5.95. The number of nitrogens with two attached hydrogens (primary N) is 1. The van der Waals surface area contributed by atoms with Gasteiger partial charge in [-0.15, -0.1) is 24.0 Å². The van der Waals surface area contributed by atoms with Gasteiger partial charge in [-0.1, -0.05) is 0 Å². The summed E-state index contributed by atoms with van der Waals surface area (Å²) in [7, 11) is 1.66. The summed E-state index contributed by atoms with van der Waals surface area (Å²) in [5.41, 5.74) is 6.87. The predicted molar refractivity (Wildman–Crippen MR) is 83.3 cm³/mol. The highest BCUT2D eigenvalue weighted by Gasteiger charge is 2.01. The lowest BCUT2D eigenvalue weighted by molar-refractivity contribution is 0.179. The number of hydrogen-bond donors (Lipinski definition) is 2. The van der Waals surface area contributed by atoms with Crippen molar-refractivity contribution in [2.45, 2.75) is 26.4 Å². The molecular weight excluding hydrogens is 345 g/mol. The van der Waals surface area contributed by atoms with E-state index in [1.54, 1.807) is 7.11 Å². The second-order valence-electron chi connectivity index (χ2n) is 4.05. The van der Waals surface area contributed by atoms with Crippen molar-refractivity contribution in [1.29, 1.82) is 0 Å². The van der Waals surface area contributed by atoms with E-state index in [2.05, 4.69) is 15.4 Å². The quantitative estimate of drug-likeness (QED) is 0.442. The third-order valence-corrected chi connectivity index (χ3v) is 2.18. The molecule has 0 fully saturated rings. The van der Waals surface area contributed by atoms with Crippen LogP contribution in [0.1, 0.15) is 12.5 Å². The molecule has 6 nitrogen and oxygen atoms in total. The Morgan fingerprint density at radius 1 is 1.67 bits per heavy atom. The lowest BCUT2D eigenvalue weighted by Gasteiger charge is -2.12.